The fourth-order valence-electron chi connectivity index (χ4n) is 0.854. The average molecular weight is 251 g/mol. The molecule has 17 heavy (non-hydrogen) atoms. The van der Waals surface area contributed by atoms with E-state index in [2.05, 4.69) is 13.8 Å². The molecular formula is C17H46. The highest BCUT2D eigenvalue weighted by Gasteiger charge is 1.83. The normalized spacial score (nSPS) is 6.00. The quantitative estimate of drug-likeness (QED) is 0.432. The minimum absolute atomic E-state index is 0. The summed E-state index contributed by atoms with van der Waals surface area (Å²) >= 11 is 0. The molecule has 0 radical (unpaired) electrons. The van der Waals surface area contributed by atoms with E-state index in [0.29, 0.717) is 0 Å². The average Bonchev–Trinajstić information content (AvgIpc) is 2.44. The molecule has 0 aliphatic heterocycles. The summed E-state index contributed by atoms with van der Waals surface area (Å²) in [6, 6.07) is 0. The van der Waals surface area contributed by atoms with Gasteiger partial charge in [0.15, 0.2) is 0 Å². The van der Waals surface area contributed by atoms with E-state index in [0.717, 1.165) is 0 Å². The van der Waals surface area contributed by atoms with Crippen LogP contribution in [-0.4, -0.2) is 0 Å². The summed E-state index contributed by atoms with van der Waals surface area (Å²) in [6.07, 6.45) is 8.49. The smallest absolute Gasteiger partial charge is 0.0533 e. The Morgan fingerprint density at radius 1 is 0.412 bits per heavy atom. The molecule has 0 rings (SSSR count). The summed E-state index contributed by atoms with van der Waals surface area (Å²) in [5.74, 6) is 0. The highest BCUT2D eigenvalue weighted by atomic mass is 13.9. The van der Waals surface area contributed by atoms with Gasteiger partial charge >= 0.3 is 0 Å². The van der Waals surface area contributed by atoms with Gasteiger partial charge in [-0.2, -0.15) is 0 Å². The van der Waals surface area contributed by atoms with Gasteiger partial charge < -0.3 is 0 Å². The van der Waals surface area contributed by atoms with Gasteiger partial charge in [-0.25, -0.2) is 0 Å². The molecule has 0 aliphatic rings. The van der Waals surface area contributed by atoms with Gasteiger partial charge in [-0.3, -0.25) is 0 Å². The van der Waals surface area contributed by atoms with Gasteiger partial charge in [-0.1, -0.05) is 115 Å². The van der Waals surface area contributed by atoms with Crippen molar-refractivity contribution in [2.75, 3.05) is 0 Å². The van der Waals surface area contributed by atoms with Crippen LogP contribution in [0.25, 0.3) is 0 Å². The fourth-order valence-corrected chi connectivity index (χ4v) is 0.854. The zero-order valence-electron chi connectivity index (χ0n) is 14.2. The molecule has 0 aliphatic carbocycles. The summed E-state index contributed by atoms with van der Waals surface area (Å²) in [5.41, 5.74) is 0. The van der Waals surface area contributed by atoms with Crippen LogP contribution in [0.4, 0.5) is 0 Å². The molecule has 0 aromatic rings. The number of unbranched alkanes of at least 4 members (excludes halogenated alkanes) is 5. The number of hydrogen-bond acceptors (Lipinski definition) is 0. The molecule has 0 aromatic heterocycles. The highest BCUT2D eigenvalue weighted by molar-refractivity contribution is 4.39. The Kier molecular flexibility index (Phi) is 212. The second-order valence-electron chi connectivity index (χ2n) is 2.41. The minimum atomic E-state index is 0. The van der Waals surface area contributed by atoms with Crippen molar-refractivity contribution < 1.29 is 0 Å². The lowest BCUT2D eigenvalue weighted by molar-refractivity contribution is 0.624. The first-order valence-corrected chi connectivity index (χ1v) is 7.91. The molecule has 0 nitrogen and oxygen atoms in total. The second-order valence-corrected chi connectivity index (χ2v) is 2.41. The van der Waals surface area contributed by atoms with E-state index >= 15 is 0 Å². The highest BCUT2D eigenvalue weighted by Crippen LogP contribution is 2.03. The van der Waals surface area contributed by atoms with Crippen LogP contribution in [-0.2, 0) is 0 Å². The van der Waals surface area contributed by atoms with Crippen molar-refractivity contribution in [2.24, 2.45) is 0 Å². The third-order valence-electron chi connectivity index (χ3n) is 1.46. The van der Waals surface area contributed by atoms with E-state index in [1.54, 1.807) is 0 Å². The standard InChI is InChI=1S/C8H18.4C2H6.CH4/c1-3-5-7-8-6-4-2;4*1-2;/h3-8H2,1-2H3;4*1-2H3;1H4. The molecule has 0 fully saturated rings. The maximum absolute atomic E-state index is 2.26. The van der Waals surface area contributed by atoms with E-state index in [-0.39, 0.29) is 7.43 Å². The van der Waals surface area contributed by atoms with Gasteiger partial charge in [0.1, 0.15) is 0 Å². The first-order valence-electron chi connectivity index (χ1n) is 7.91. The molecule has 0 spiro atoms. The van der Waals surface area contributed by atoms with Crippen molar-refractivity contribution in [3.8, 4) is 0 Å². The van der Waals surface area contributed by atoms with Crippen LogP contribution in [0.1, 0.15) is 115 Å². The predicted octanol–water partition coefficient (Wildman–Crippen LogP) is 8.11. The van der Waals surface area contributed by atoms with Crippen molar-refractivity contribution in [1.29, 1.82) is 0 Å². The maximum atomic E-state index is 2.26. The zero-order chi connectivity index (χ0) is 14.2. The van der Waals surface area contributed by atoms with Gasteiger partial charge in [0, 0.05) is 0 Å². The Hall–Kier alpha value is 0. The largest absolute Gasteiger partial charge is 0.0776 e. The molecule has 114 valence electrons. The summed E-state index contributed by atoms with van der Waals surface area (Å²) in [4.78, 5) is 0. The van der Waals surface area contributed by atoms with E-state index in [1.807, 2.05) is 55.4 Å². The van der Waals surface area contributed by atoms with Gasteiger partial charge in [0.2, 0.25) is 0 Å². The van der Waals surface area contributed by atoms with Crippen molar-refractivity contribution >= 4 is 0 Å². The summed E-state index contributed by atoms with van der Waals surface area (Å²) in [5, 5.41) is 0. The van der Waals surface area contributed by atoms with Gasteiger partial charge in [-0.05, 0) is 0 Å². The van der Waals surface area contributed by atoms with Gasteiger partial charge in [0.05, 0.1) is 0 Å². The zero-order valence-corrected chi connectivity index (χ0v) is 14.2. The van der Waals surface area contributed by atoms with Gasteiger partial charge in [0.25, 0.3) is 0 Å². The fraction of sp³-hybridized carbons (Fsp3) is 1.00. The van der Waals surface area contributed by atoms with Crippen LogP contribution in [0.2, 0.25) is 0 Å². The Morgan fingerprint density at radius 3 is 0.706 bits per heavy atom. The maximum Gasteiger partial charge on any atom is -0.0533 e. The molecule has 0 N–H and O–H groups in total. The molecule has 0 aromatic carbocycles. The molecule has 0 heteroatoms. The monoisotopic (exact) mass is 250 g/mol. The Morgan fingerprint density at radius 2 is 0.588 bits per heavy atom. The first kappa shape index (κ1) is 36.0. The molecule has 0 amide bonds. The van der Waals surface area contributed by atoms with Crippen LogP contribution < -0.4 is 0 Å². The summed E-state index contributed by atoms with van der Waals surface area (Å²) in [7, 11) is 0. The minimum Gasteiger partial charge on any atom is -0.0776 e. The lowest BCUT2D eigenvalue weighted by Crippen LogP contribution is -1.73. The summed E-state index contributed by atoms with van der Waals surface area (Å²) in [6.45, 7) is 20.5. The molecule has 0 saturated carbocycles. The molecule has 0 saturated heterocycles. The van der Waals surface area contributed by atoms with Crippen LogP contribution >= 0.6 is 0 Å². The third-order valence-corrected chi connectivity index (χ3v) is 1.46. The van der Waals surface area contributed by atoms with Crippen molar-refractivity contribution in [2.45, 2.75) is 115 Å². The van der Waals surface area contributed by atoms with Crippen molar-refractivity contribution in [1.82, 2.24) is 0 Å². The van der Waals surface area contributed by atoms with E-state index in [4.69, 9.17) is 0 Å². The predicted molar refractivity (Wildman–Crippen MR) is 91.2 cm³/mol. The lowest BCUT2D eigenvalue weighted by atomic mass is 10.1. The number of rotatable bonds is 5. The molecule has 0 unspecified atom stereocenters. The summed E-state index contributed by atoms with van der Waals surface area (Å²) < 4.78 is 0. The van der Waals surface area contributed by atoms with Crippen LogP contribution in [0.5, 0.6) is 0 Å². The van der Waals surface area contributed by atoms with E-state index in [1.165, 1.54) is 38.5 Å². The molecule has 0 atom stereocenters. The van der Waals surface area contributed by atoms with Crippen molar-refractivity contribution in [3.05, 3.63) is 0 Å². The molecular weight excluding hydrogens is 204 g/mol. The van der Waals surface area contributed by atoms with Crippen LogP contribution in [0, 0.1) is 0 Å². The van der Waals surface area contributed by atoms with Crippen LogP contribution in [0.3, 0.4) is 0 Å². The molecule has 0 heterocycles. The third kappa shape index (κ3) is 125. The second kappa shape index (κ2) is 100. The Bertz CT molecular complexity index is 25.0. The Labute approximate surface area is 116 Å². The van der Waals surface area contributed by atoms with Crippen LogP contribution in [0.15, 0.2) is 0 Å². The van der Waals surface area contributed by atoms with Gasteiger partial charge in [-0.15, -0.1) is 0 Å². The number of hydrogen-bond donors (Lipinski definition) is 0. The van der Waals surface area contributed by atoms with E-state index in [9.17, 15) is 0 Å². The molecule has 0 bridgehead atoms. The first-order chi connectivity index (χ1) is 7.91. The lowest BCUT2D eigenvalue weighted by Gasteiger charge is -1.93. The topological polar surface area (TPSA) is 0 Å². The Balaban J connectivity index is -0.0000000287. The SMILES string of the molecule is C.CC.CC.CC.CC.CCCCCCCC. The van der Waals surface area contributed by atoms with Crippen molar-refractivity contribution in [3.63, 3.8) is 0 Å². The van der Waals surface area contributed by atoms with E-state index < -0.39 is 0 Å².